The SMILES string of the molecule is Cc1ccc2nc(-c3ccc4ccccc4c3)c(-c3c(-c4ccc5ccccc5c4)nc4ccc(C)cn34)n2c1. The van der Waals surface area contributed by atoms with E-state index in [1.54, 1.807) is 0 Å². The predicted octanol–water partition coefficient (Wildman–Crippen LogP) is 8.91. The molecule has 4 heteroatoms. The van der Waals surface area contributed by atoms with Gasteiger partial charge in [-0.2, -0.15) is 0 Å². The molecular formula is C36H26N4. The van der Waals surface area contributed by atoms with Crippen molar-refractivity contribution in [3.63, 3.8) is 0 Å². The van der Waals surface area contributed by atoms with Gasteiger partial charge in [-0.25, -0.2) is 9.97 Å². The van der Waals surface area contributed by atoms with Gasteiger partial charge in [0.2, 0.25) is 0 Å². The summed E-state index contributed by atoms with van der Waals surface area (Å²) in [5, 5.41) is 4.83. The zero-order valence-electron chi connectivity index (χ0n) is 22.3. The number of aromatic nitrogens is 4. The number of nitrogens with zero attached hydrogens (tertiary/aromatic N) is 4. The molecule has 0 aliphatic heterocycles. The van der Waals surface area contributed by atoms with Crippen LogP contribution < -0.4 is 0 Å². The van der Waals surface area contributed by atoms with Gasteiger partial charge in [-0.3, -0.25) is 8.80 Å². The minimum atomic E-state index is 0.913. The van der Waals surface area contributed by atoms with Gasteiger partial charge in [-0.1, -0.05) is 84.9 Å². The van der Waals surface area contributed by atoms with Crippen LogP contribution in [0.25, 0.3) is 66.7 Å². The Morgan fingerprint density at radius 3 is 1.32 bits per heavy atom. The Morgan fingerprint density at radius 2 is 0.875 bits per heavy atom. The lowest BCUT2D eigenvalue weighted by molar-refractivity contribution is 1.11. The molecule has 0 saturated heterocycles. The largest absolute Gasteiger partial charge is 0.297 e. The number of rotatable bonds is 3. The van der Waals surface area contributed by atoms with Crippen LogP contribution >= 0.6 is 0 Å². The first-order valence-corrected chi connectivity index (χ1v) is 13.6. The maximum absolute atomic E-state index is 5.22. The van der Waals surface area contributed by atoms with Crippen LogP contribution in [0.4, 0.5) is 0 Å². The standard InChI is InChI=1S/C36H26N4/c1-23-11-17-31-37-33(29-15-13-25-7-3-5-9-27(25)19-29)35(39(31)21-23)36-34(38-32-18-12-24(2)22-40(32)36)30-16-14-26-8-4-6-10-28(26)20-30/h3-22H,1-2H3. The second-order valence-electron chi connectivity index (χ2n) is 10.6. The van der Waals surface area contributed by atoms with E-state index in [0.29, 0.717) is 0 Å². The topological polar surface area (TPSA) is 34.6 Å². The van der Waals surface area contributed by atoms with Crippen molar-refractivity contribution in [2.45, 2.75) is 13.8 Å². The minimum Gasteiger partial charge on any atom is -0.297 e. The molecule has 4 nitrogen and oxygen atoms in total. The van der Waals surface area contributed by atoms with E-state index in [0.717, 1.165) is 45.2 Å². The summed E-state index contributed by atoms with van der Waals surface area (Å²) in [6, 6.07) is 38.7. The van der Waals surface area contributed by atoms with Crippen LogP contribution in [0.2, 0.25) is 0 Å². The summed E-state index contributed by atoms with van der Waals surface area (Å²) < 4.78 is 4.46. The van der Waals surface area contributed by atoms with Gasteiger partial charge in [0.15, 0.2) is 0 Å². The van der Waals surface area contributed by atoms with E-state index in [4.69, 9.17) is 9.97 Å². The lowest BCUT2D eigenvalue weighted by Gasteiger charge is -2.11. The zero-order valence-corrected chi connectivity index (χ0v) is 22.3. The van der Waals surface area contributed by atoms with Gasteiger partial charge in [0, 0.05) is 23.5 Å². The maximum Gasteiger partial charge on any atom is 0.138 e. The molecule has 4 aromatic heterocycles. The second-order valence-corrected chi connectivity index (χ2v) is 10.6. The molecule has 0 saturated carbocycles. The first kappa shape index (κ1) is 22.7. The van der Waals surface area contributed by atoms with Crippen molar-refractivity contribution in [1.82, 2.24) is 18.8 Å². The fourth-order valence-corrected chi connectivity index (χ4v) is 5.83. The quantitative estimate of drug-likeness (QED) is 0.236. The number of hydrogen-bond acceptors (Lipinski definition) is 2. The molecule has 4 aromatic carbocycles. The highest BCUT2D eigenvalue weighted by Crippen LogP contribution is 2.40. The average molecular weight is 515 g/mol. The van der Waals surface area contributed by atoms with Gasteiger partial charge in [-0.15, -0.1) is 0 Å². The van der Waals surface area contributed by atoms with E-state index >= 15 is 0 Å². The summed E-state index contributed by atoms with van der Waals surface area (Å²) in [7, 11) is 0. The summed E-state index contributed by atoms with van der Waals surface area (Å²) in [4.78, 5) is 10.4. The summed E-state index contributed by atoms with van der Waals surface area (Å²) >= 11 is 0. The smallest absolute Gasteiger partial charge is 0.138 e. The molecule has 0 amide bonds. The Labute approximate surface area is 231 Å². The van der Waals surface area contributed by atoms with Crippen LogP contribution in [-0.2, 0) is 0 Å². The maximum atomic E-state index is 5.22. The van der Waals surface area contributed by atoms with E-state index in [-0.39, 0.29) is 0 Å². The summed E-state index contributed by atoms with van der Waals surface area (Å²) in [6.45, 7) is 4.25. The van der Waals surface area contributed by atoms with E-state index < -0.39 is 0 Å². The van der Waals surface area contributed by atoms with Crippen molar-refractivity contribution in [3.05, 3.63) is 133 Å². The highest BCUT2D eigenvalue weighted by Gasteiger charge is 2.24. The van der Waals surface area contributed by atoms with Gasteiger partial charge in [0.1, 0.15) is 11.3 Å². The number of fused-ring (bicyclic) bond motifs is 4. The van der Waals surface area contributed by atoms with Crippen molar-refractivity contribution < 1.29 is 0 Å². The summed E-state index contributed by atoms with van der Waals surface area (Å²) in [5.74, 6) is 0. The number of benzene rings is 4. The number of hydrogen-bond donors (Lipinski definition) is 0. The molecule has 0 unspecified atom stereocenters. The molecule has 190 valence electrons. The number of imidazole rings is 2. The van der Waals surface area contributed by atoms with Crippen molar-refractivity contribution in [2.75, 3.05) is 0 Å². The molecule has 0 fully saturated rings. The highest BCUT2D eigenvalue weighted by molar-refractivity contribution is 5.95. The van der Waals surface area contributed by atoms with Crippen LogP contribution in [0.1, 0.15) is 11.1 Å². The fraction of sp³-hybridized carbons (Fsp3) is 0.0556. The summed E-state index contributed by atoms with van der Waals surface area (Å²) in [5.41, 5.74) is 10.3. The lowest BCUT2D eigenvalue weighted by atomic mass is 10.00. The van der Waals surface area contributed by atoms with Crippen LogP contribution in [-0.4, -0.2) is 18.8 Å². The van der Waals surface area contributed by atoms with Gasteiger partial charge >= 0.3 is 0 Å². The van der Waals surface area contributed by atoms with Crippen LogP contribution in [0.15, 0.2) is 122 Å². The molecule has 0 spiro atoms. The van der Waals surface area contributed by atoms with Crippen LogP contribution in [0.5, 0.6) is 0 Å². The second kappa shape index (κ2) is 8.65. The van der Waals surface area contributed by atoms with Gasteiger partial charge in [0.05, 0.1) is 22.8 Å². The molecule has 4 heterocycles. The van der Waals surface area contributed by atoms with Crippen LogP contribution in [0, 0.1) is 13.8 Å². The zero-order chi connectivity index (χ0) is 26.8. The molecule has 0 atom stereocenters. The predicted molar refractivity (Wildman–Crippen MR) is 165 cm³/mol. The van der Waals surface area contributed by atoms with Crippen molar-refractivity contribution >= 4 is 32.8 Å². The Balaban J connectivity index is 1.50. The van der Waals surface area contributed by atoms with Crippen molar-refractivity contribution in [1.29, 1.82) is 0 Å². The molecule has 0 N–H and O–H groups in total. The lowest BCUT2D eigenvalue weighted by Crippen LogP contribution is -1.97. The Bertz CT molecular complexity index is 2090. The summed E-state index contributed by atoms with van der Waals surface area (Å²) in [6.07, 6.45) is 4.36. The Kier molecular flexibility index (Phi) is 4.92. The fourth-order valence-electron chi connectivity index (χ4n) is 5.83. The van der Waals surface area contributed by atoms with E-state index in [1.807, 2.05) is 0 Å². The monoisotopic (exact) mass is 514 g/mol. The van der Waals surface area contributed by atoms with E-state index in [1.165, 1.54) is 32.7 Å². The first-order chi connectivity index (χ1) is 19.6. The number of pyridine rings is 2. The average Bonchev–Trinajstić information content (AvgIpc) is 3.54. The van der Waals surface area contributed by atoms with Crippen LogP contribution in [0.3, 0.4) is 0 Å². The molecule has 0 bridgehead atoms. The molecule has 40 heavy (non-hydrogen) atoms. The van der Waals surface area contributed by atoms with Crippen molar-refractivity contribution in [3.8, 4) is 33.9 Å². The third kappa shape index (κ3) is 3.53. The Hall–Kier alpha value is -5.22. The minimum absolute atomic E-state index is 0.913. The normalized spacial score (nSPS) is 11.8. The van der Waals surface area contributed by atoms with Gasteiger partial charge in [0.25, 0.3) is 0 Å². The van der Waals surface area contributed by atoms with Crippen molar-refractivity contribution in [2.24, 2.45) is 0 Å². The van der Waals surface area contributed by atoms with E-state index in [9.17, 15) is 0 Å². The molecular weight excluding hydrogens is 488 g/mol. The first-order valence-electron chi connectivity index (χ1n) is 13.6. The molecule has 8 aromatic rings. The highest BCUT2D eigenvalue weighted by atomic mass is 15.1. The molecule has 8 rings (SSSR count). The number of aryl methyl sites for hydroxylation is 2. The third-order valence-electron chi connectivity index (χ3n) is 7.80. The molecule has 0 aliphatic rings. The van der Waals surface area contributed by atoms with E-state index in [2.05, 4.69) is 144 Å². The Morgan fingerprint density at radius 1 is 0.450 bits per heavy atom. The molecule has 0 aliphatic carbocycles. The van der Waals surface area contributed by atoms with Gasteiger partial charge in [-0.05, 0) is 70.8 Å². The van der Waals surface area contributed by atoms with Gasteiger partial charge < -0.3 is 0 Å². The molecule has 0 radical (unpaired) electrons. The third-order valence-corrected chi connectivity index (χ3v) is 7.80.